The van der Waals surface area contributed by atoms with Crippen molar-refractivity contribution < 1.29 is 9.53 Å². The molecule has 0 aromatic carbocycles. The van der Waals surface area contributed by atoms with E-state index in [2.05, 4.69) is 28.7 Å². The summed E-state index contributed by atoms with van der Waals surface area (Å²) < 4.78 is 5.51. The summed E-state index contributed by atoms with van der Waals surface area (Å²) in [6.45, 7) is 6.93. The zero-order valence-electron chi connectivity index (χ0n) is 11.9. The van der Waals surface area contributed by atoms with Crippen molar-refractivity contribution in [3.8, 4) is 0 Å². The van der Waals surface area contributed by atoms with Gasteiger partial charge in [-0.15, -0.1) is 0 Å². The minimum Gasteiger partial charge on any atom is -0.378 e. The second kappa shape index (κ2) is 7.47. The zero-order valence-corrected chi connectivity index (χ0v) is 12.7. The standard InChI is InChI=1S/C13H25N3O2S/c1-3-4-15-13(17)11-9-18-6-5-16(11)10-7-14-8-12(10)19-2/h10-12,14H,3-9H2,1-2H3,(H,15,17). The molecule has 3 atom stereocenters. The number of hydrogen-bond acceptors (Lipinski definition) is 5. The number of rotatable bonds is 5. The third kappa shape index (κ3) is 3.62. The van der Waals surface area contributed by atoms with E-state index in [-0.39, 0.29) is 11.9 Å². The fourth-order valence-electron chi connectivity index (χ4n) is 2.82. The Morgan fingerprint density at radius 2 is 2.37 bits per heavy atom. The van der Waals surface area contributed by atoms with Gasteiger partial charge in [-0.2, -0.15) is 11.8 Å². The lowest BCUT2D eigenvalue weighted by Gasteiger charge is -2.40. The van der Waals surface area contributed by atoms with Crippen LogP contribution >= 0.6 is 11.8 Å². The van der Waals surface area contributed by atoms with Gasteiger partial charge in [0.25, 0.3) is 0 Å². The van der Waals surface area contributed by atoms with Gasteiger partial charge < -0.3 is 15.4 Å². The molecule has 0 spiro atoms. The lowest BCUT2D eigenvalue weighted by Crippen LogP contribution is -2.59. The maximum Gasteiger partial charge on any atom is 0.239 e. The Bertz CT molecular complexity index is 304. The van der Waals surface area contributed by atoms with E-state index in [1.807, 2.05) is 11.8 Å². The third-order valence-corrected chi connectivity index (χ3v) is 4.96. The predicted molar refractivity (Wildman–Crippen MR) is 78.6 cm³/mol. The van der Waals surface area contributed by atoms with Crippen LogP contribution in [-0.4, -0.2) is 73.8 Å². The van der Waals surface area contributed by atoms with Crippen molar-refractivity contribution in [2.75, 3.05) is 45.6 Å². The number of thioether (sulfide) groups is 1. The van der Waals surface area contributed by atoms with Crippen LogP contribution in [0.3, 0.4) is 0 Å². The van der Waals surface area contributed by atoms with E-state index in [9.17, 15) is 4.79 Å². The maximum atomic E-state index is 12.3. The molecule has 19 heavy (non-hydrogen) atoms. The number of nitrogens with one attached hydrogen (secondary N) is 2. The highest BCUT2D eigenvalue weighted by Crippen LogP contribution is 2.23. The number of hydrogen-bond donors (Lipinski definition) is 2. The van der Waals surface area contributed by atoms with Crippen molar-refractivity contribution in [1.82, 2.24) is 15.5 Å². The van der Waals surface area contributed by atoms with E-state index in [0.717, 1.165) is 39.2 Å². The van der Waals surface area contributed by atoms with Crippen LogP contribution in [0.25, 0.3) is 0 Å². The molecule has 2 N–H and O–H groups in total. The summed E-state index contributed by atoms with van der Waals surface area (Å²) in [6, 6.07) is 0.316. The Morgan fingerprint density at radius 3 is 3.11 bits per heavy atom. The quantitative estimate of drug-likeness (QED) is 0.741. The van der Waals surface area contributed by atoms with Gasteiger partial charge in [0.15, 0.2) is 0 Å². The predicted octanol–water partition coefficient (Wildman–Crippen LogP) is -0.0832. The van der Waals surface area contributed by atoms with Crippen LogP contribution in [0, 0.1) is 0 Å². The van der Waals surface area contributed by atoms with Crippen molar-refractivity contribution in [2.24, 2.45) is 0 Å². The van der Waals surface area contributed by atoms with Gasteiger partial charge in [0.2, 0.25) is 5.91 Å². The molecule has 5 nitrogen and oxygen atoms in total. The largest absolute Gasteiger partial charge is 0.378 e. The lowest BCUT2D eigenvalue weighted by atomic mass is 10.1. The van der Waals surface area contributed by atoms with Crippen molar-refractivity contribution in [2.45, 2.75) is 30.7 Å². The second-order valence-corrected chi connectivity index (χ2v) is 6.20. The Morgan fingerprint density at radius 1 is 1.53 bits per heavy atom. The van der Waals surface area contributed by atoms with Gasteiger partial charge >= 0.3 is 0 Å². The van der Waals surface area contributed by atoms with E-state index in [1.54, 1.807) is 0 Å². The number of nitrogens with zero attached hydrogens (tertiary/aromatic N) is 1. The average molecular weight is 287 g/mol. The topological polar surface area (TPSA) is 53.6 Å². The minimum atomic E-state index is -0.125. The molecule has 2 rings (SSSR count). The second-order valence-electron chi connectivity index (χ2n) is 5.12. The molecule has 0 bridgehead atoms. The minimum absolute atomic E-state index is 0.119. The SMILES string of the molecule is CCCNC(=O)C1COCCN1C1CNCC1SC. The summed E-state index contributed by atoms with van der Waals surface area (Å²) in [5, 5.41) is 7.01. The highest BCUT2D eigenvalue weighted by atomic mass is 32.2. The molecule has 2 saturated heterocycles. The number of ether oxygens (including phenoxy) is 1. The lowest BCUT2D eigenvalue weighted by molar-refractivity contribution is -0.134. The highest BCUT2D eigenvalue weighted by molar-refractivity contribution is 7.99. The molecule has 0 saturated carbocycles. The summed E-state index contributed by atoms with van der Waals surface area (Å²) in [6.07, 6.45) is 3.12. The molecule has 1 amide bonds. The molecule has 0 aliphatic carbocycles. The van der Waals surface area contributed by atoms with Crippen LogP contribution in [0.1, 0.15) is 13.3 Å². The smallest absolute Gasteiger partial charge is 0.239 e. The van der Waals surface area contributed by atoms with Gasteiger partial charge in [0.1, 0.15) is 6.04 Å². The van der Waals surface area contributed by atoms with Gasteiger partial charge in [-0.1, -0.05) is 6.92 Å². The van der Waals surface area contributed by atoms with Crippen molar-refractivity contribution in [1.29, 1.82) is 0 Å². The fraction of sp³-hybridized carbons (Fsp3) is 0.923. The normalized spacial score (nSPS) is 32.4. The molecule has 2 aliphatic heterocycles. The van der Waals surface area contributed by atoms with E-state index in [0.29, 0.717) is 17.9 Å². The molecule has 0 radical (unpaired) electrons. The van der Waals surface area contributed by atoms with Crippen LogP contribution in [0.4, 0.5) is 0 Å². The Balaban J connectivity index is 2.00. The van der Waals surface area contributed by atoms with Crippen LogP contribution in [0.2, 0.25) is 0 Å². The van der Waals surface area contributed by atoms with E-state index < -0.39 is 0 Å². The van der Waals surface area contributed by atoms with E-state index in [4.69, 9.17) is 4.74 Å². The average Bonchev–Trinajstić information content (AvgIpc) is 2.93. The van der Waals surface area contributed by atoms with E-state index in [1.165, 1.54) is 0 Å². The summed E-state index contributed by atoms with van der Waals surface area (Å²) in [7, 11) is 0. The van der Waals surface area contributed by atoms with Gasteiger partial charge in [0.05, 0.1) is 13.2 Å². The molecule has 2 heterocycles. The molecule has 0 aromatic rings. The molecule has 0 aromatic heterocycles. The first-order chi connectivity index (χ1) is 9.27. The number of carbonyl (C=O) groups excluding carboxylic acids is 1. The van der Waals surface area contributed by atoms with Crippen LogP contribution in [0.15, 0.2) is 0 Å². The molecule has 3 unspecified atom stereocenters. The molecule has 6 heteroatoms. The first-order valence-electron chi connectivity index (χ1n) is 7.12. The monoisotopic (exact) mass is 287 g/mol. The van der Waals surface area contributed by atoms with Crippen LogP contribution in [0.5, 0.6) is 0 Å². The number of morpholine rings is 1. The molecule has 2 aliphatic rings. The Hall–Kier alpha value is -0.300. The third-order valence-electron chi connectivity index (χ3n) is 3.88. The summed E-state index contributed by atoms with van der Waals surface area (Å²) >= 11 is 1.89. The molecular formula is C13H25N3O2S. The Labute approximate surface area is 119 Å². The first-order valence-corrected chi connectivity index (χ1v) is 8.41. The molecule has 110 valence electrons. The fourth-order valence-corrected chi connectivity index (χ4v) is 3.67. The maximum absolute atomic E-state index is 12.3. The molecular weight excluding hydrogens is 262 g/mol. The van der Waals surface area contributed by atoms with Gasteiger partial charge in [-0.3, -0.25) is 9.69 Å². The van der Waals surface area contributed by atoms with E-state index >= 15 is 0 Å². The van der Waals surface area contributed by atoms with Crippen molar-refractivity contribution >= 4 is 17.7 Å². The summed E-state index contributed by atoms with van der Waals surface area (Å²) in [5.41, 5.74) is 0. The highest BCUT2D eigenvalue weighted by Gasteiger charge is 2.39. The molecule has 2 fully saturated rings. The summed E-state index contributed by atoms with van der Waals surface area (Å²) in [4.78, 5) is 14.6. The summed E-state index contributed by atoms with van der Waals surface area (Å²) in [5.74, 6) is 0.119. The zero-order chi connectivity index (χ0) is 13.7. The van der Waals surface area contributed by atoms with Crippen LogP contribution < -0.4 is 10.6 Å². The van der Waals surface area contributed by atoms with Crippen molar-refractivity contribution in [3.05, 3.63) is 0 Å². The number of amides is 1. The number of carbonyl (C=O) groups is 1. The van der Waals surface area contributed by atoms with Gasteiger partial charge in [-0.05, 0) is 12.7 Å². The van der Waals surface area contributed by atoms with Crippen molar-refractivity contribution in [3.63, 3.8) is 0 Å². The first kappa shape index (κ1) is 15.1. The van der Waals surface area contributed by atoms with Crippen LogP contribution in [-0.2, 0) is 9.53 Å². The van der Waals surface area contributed by atoms with Gasteiger partial charge in [-0.25, -0.2) is 0 Å². The van der Waals surface area contributed by atoms with Gasteiger partial charge in [0, 0.05) is 37.5 Å². The Kier molecular flexibility index (Phi) is 5.94.